The Labute approximate surface area is 144 Å². The predicted molar refractivity (Wildman–Crippen MR) is 92.3 cm³/mol. The minimum absolute atomic E-state index is 0.191. The summed E-state index contributed by atoms with van der Waals surface area (Å²) in [7, 11) is 0. The van der Waals surface area contributed by atoms with Crippen LogP contribution in [0.5, 0.6) is 11.5 Å². The van der Waals surface area contributed by atoms with Gasteiger partial charge in [-0.15, -0.1) is 0 Å². The largest absolute Gasteiger partial charge is 0.462 e. The normalized spacial score (nSPS) is 20.2. The molecule has 2 aliphatic rings. The molecule has 2 N–H and O–H groups in total. The van der Waals surface area contributed by atoms with Gasteiger partial charge in [0, 0.05) is 29.1 Å². The Bertz CT molecular complexity index is 1000. The van der Waals surface area contributed by atoms with Crippen molar-refractivity contribution in [1.82, 2.24) is 9.97 Å². The van der Waals surface area contributed by atoms with Crippen LogP contribution in [0.3, 0.4) is 0 Å². The number of aromatic nitrogens is 2. The highest BCUT2D eigenvalue weighted by molar-refractivity contribution is 5.77. The number of nitrogens with two attached hydrogens (primary N) is 1. The predicted octanol–water partition coefficient (Wildman–Crippen LogP) is 2.84. The summed E-state index contributed by atoms with van der Waals surface area (Å²) in [4.78, 5) is 12.8. The molecule has 0 unspecified atom stereocenters. The van der Waals surface area contributed by atoms with Crippen molar-refractivity contribution in [1.29, 1.82) is 0 Å². The first-order valence-corrected chi connectivity index (χ1v) is 7.92. The highest BCUT2D eigenvalue weighted by Crippen LogP contribution is 2.51. The molecule has 25 heavy (non-hydrogen) atoms. The van der Waals surface area contributed by atoms with Gasteiger partial charge in [-0.1, -0.05) is 24.3 Å². The number of benzene rings is 2. The smallest absolute Gasteiger partial charge is 0.283 e. The molecule has 6 nitrogen and oxygen atoms in total. The average Bonchev–Trinajstić information content (AvgIpc) is 3.05. The fraction of sp³-hybridized carbons (Fsp3) is 0.105. The van der Waals surface area contributed by atoms with Gasteiger partial charge in [-0.05, 0) is 23.8 Å². The van der Waals surface area contributed by atoms with Crippen molar-refractivity contribution in [2.45, 2.75) is 5.54 Å². The van der Waals surface area contributed by atoms with Crippen molar-refractivity contribution >= 4 is 6.02 Å². The molecule has 2 aromatic carbocycles. The first kappa shape index (κ1) is 14.0. The van der Waals surface area contributed by atoms with Crippen molar-refractivity contribution in [3.63, 3.8) is 0 Å². The molecule has 0 saturated carbocycles. The van der Waals surface area contributed by atoms with Gasteiger partial charge in [0.05, 0.1) is 0 Å². The van der Waals surface area contributed by atoms with E-state index >= 15 is 0 Å². The number of fused-ring (bicyclic) bond motifs is 4. The molecule has 0 fully saturated rings. The van der Waals surface area contributed by atoms with Crippen molar-refractivity contribution < 1.29 is 9.47 Å². The SMILES string of the molecule is NC1=N[C@@]2(CO1)c1ccccc1Oc1ccc(-c3cncnc3)cc12. The van der Waals surface area contributed by atoms with Gasteiger partial charge < -0.3 is 15.2 Å². The van der Waals surface area contributed by atoms with Crippen LogP contribution in [0.15, 0.2) is 66.2 Å². The van der Waals surface area contributed by atoms with Gasteiger partial charge in [0.15, 0.2) is 5.54 Å². The van der Waals surface area contributed by atoms with Crippen LogP contribution in [0.2, 0.25) is 0 Å². The minimum atomic E-state index is -0.695. The summed E-state index contributed by atoms with van der Waals surface area (Å²) in [5.41, 5.74) is 8.96. The lowest BCUT2D eigenvalue weighted by Gasteiger charge is -2.33. The zero-order chi connectivity index (χ0) is 16.9. The number of nitrogens with zero attached hydrogens (tertiary/aromatic N) is 3. The molecular weight excluding hydrogens is 316 g/mol. The van der Waals surface area contributed by atoms with Crippen LogP contribution >= 0.6 is 0 Å². The average molecular weight is 330 g/mol. The molecule has 5 rings (SSSR count). The lowest BCUT2D eigenvalue weighted by atomic mass is 9.80. The molecule has 1 spiro atoms. The topological polar surface area (TPSA) is 82.6 Å². The Kier molecular flexibility index (Phi) is 2.82. The number of amidine groups is 1. The van der Waals surface area contributed by atoms with Gasteiger partial charge in [-0.25, -0.2) is 15.0 Å². The lowest BCUT2D eigenvalue weighted by Crippen LogP contribution is -2.31. The molecule has 0 amide bonds. The molecule has 0 bridgehead atoms. The first-order chi connectivity index (χ1) is 12.3. The fourth-order valence-corrected chi connectivity index (χ4v) is 3.44. The number of rotatable bonds is 1. The number of hydrogen-bond acceptors (Lipinski definition) is 6. The van der Waals surface area contributed by atoms with E-state index in [1.54, 1.807) is 12.4 Å². The quantitative estimate of drug-likeness (QED) is 0.742. The third kappa shape index (κ3) is 2.00. The highest BCUT2D eigenvalue weighted by atomic mass is 16.5. The van der Waals surface area contributed by atoms with Gasteiger partial charge in [-0.3, -0.25) is 0 Å². The van der Waals surface area contributed by atoms with Crippen molar-refractivity contribution in [2.24, 2.45) is 10.7 Å². The maximum atomic E-state index is 6.09. The Morgan fingerprint density at radius 2 is 1.72 bits per heavy atom. The summed E-state index contributed by atoms with van der Waals surface area (Å²) in [6.07, 6.45) is 5.07. The van der Waals surface area contributed by atoms with Gasteiger partial charge >= 0.3 is 0 Å². The zero-order valence-corrected chi connectivity index (χ0v) is 13.2. The van der Waals surface area contributed by atoms with E-state index in [9.17, 15) is 0 Å². The van der Waals surface area contributed by atoms with E-state index in [1.807, 2.05) is 36.4 Å². The Morgan fingerprint density at radius 3 is 2.52 bits per heavy atom. The zero-order valence-electron chi connectivity index (χ0n) is 13.2. The Morgan fingerprint density at radius 1 is 0.920 bits per heavy atom. The number of ether oxygens (including phenoxy) is 2. The second-order valence-electron chi connectivity index (χ2n) is 6.04. The van der Waals surface area contributed by atoms with E-state index in [0.29, 0.717) is 6.61 Å². The van der Waals surface area contributed by atoms with Gasteiger partial charge in [-0.2, -0.15) is 0 Å². The highest BCUT2D eigenvalue weighted by Gasteiger charge is 2.46. The van der Waals surface area contributed by atoms with E-state index in [4.69, 9.17) is 15.2 Å². The molecule has 0 radical (unpaired) electrons. The standard InChI is InChI=1S/C19H14N4O2/c20-18-23-19(10-24-18)14-3-1-2-4-16(14)25-17-6-5-12(7-15(17)19)13-8-21-11-22-9-13/h1-9,11H,10H2,(H2,20,23)/t19-/m0/s1. The van der Waals surface area contributed by atoms with E-state index in [1.165, 1.54) is 6.33 Å². The minimum Gasteiger partial charge on any atom is -0.462 e. The molecular formula is C19H14N4O2. The van der Waals surface area contributed by atoms with Crippen LogP contribution in [0.1, 0.15) is 11.1 Å². The molecule has 3 heterocycles. The van der Waals surface area contributed by atoms with Crippen LogP contribution in [0, 0.1) is 0 Å². The van der Waals surface area contributed by atoms with E-state index < -0.39 is 5.54 Å². The molecule has 3 aromatic rings. The van der Waals surface area contributed by atoms with Crippen LogP contribution < -0.4 is 10.5 Å². The van der Waals surface area contributed by atoms with Crippen LogP contribution in [0.4, 0.5) is 0 Å². The Balaban J connectivity index is 1.75. The summed E-state index contributed by atoms with van der Waals surface area (Å²) in [5.74, 6) is 1.52. The van der Waals surface area contributed by atoms with E-state index in [-0.39, 0.29) is 6.02 Å². The van der Waals surface area contributed by atoms with Crippen molar-refractivity contribution in [3.05, 3.63) is 72.3 Å². The molecule has 122 valence electrons. The van der Waals surface area contributed by atoms with Crippen LogP contribution in [0.25, 0.3) is 11.1 Å². The van der Waals surface area contributed by atoms with Crippen molar-refractivity contribution in [3.8, 4) is 22.6 Å². The van der Waals surface area contributed by atoms with Gasteiger partial charge in [0.2, 0.25) is 0 Å². The van der Waals surface area contributed by atoms with Gasteiger partial charge in [0.25, 0.3) is 6.02 Å². The fourth-order valence-electron chi connectivity index (χ4n) is 3.44. The number of aliphatic imine (C=N–C) groups is 1. The Hall–Kier alpha value is -3.41. The molecule has 1 aromatic heterocycles. The third-order valence-electron chi connectivity index (χ3n) is 4.60. The number of para-hydroxylation sites is 1. The maximum absolute atomic E-state index is 6.09. The summed E-state index contributed by atoms with van der Waals surface area (Å²) < 4.78 is 11.6. The summed E-state index contributed by atoms with van der Waals surface area (Å²) in [6.45, 7) is 0.348. The van der Waals surface area contributed by atoms with Crippen LogP contribution in [-0.2, 0) is 10.3 Å². The maximum Gasteiger partial charge on any atom is 0.283 e. The lowest BCUT2D eigenvalue weighted by molar-refractivity contribution is 0.264. The molecule has 6 heteroatoms. The summed E-state index contributed by atoms with van der Waals surface area (Å²) >= 11 is 0. The molecule has 2 aliphatic heterocycles. The molecule has 0 saturated heterocycles. The summed E-state index contributed by atoms with van der Waals surface area (Å²) in [6, 6.07) is 14.0. The first-order valence-electron chi connectivity index (χ1n) is 7.92. The van der Waals surface area contributed by atoms with Crippen molar-refractivity contribution in [2.75, 3.05) is 6.61 Å². The second-order valence-corrected chi connectivity index (χ2v) is 6.04. The van der Waals surface area contributed by atoms with Crippen LogP contribution in [-0.4, -0.2) is 22.6 Å². The second kappa shape index (κ2) is 5.04. The van der Waals surface area contributed by atoms with Gasteiger partial charge in [0.1, 0.15) is 24.4 Å². The summed E-state index contributed by atoms with van der Waals surface area (Å²) in [5, 5.41) is 0. The van der Waals surface area contributed by atoms with E-state index in [2.05, 4.69) is 21.0 Å². The molecule has 0 aliphatic carbocycles. The third-order valence-corrected chi connectivity index (χ3v) is 4.60. The van der Waals surface area contributed by atoms with E-state index in [0.717, 1.165) is 33.8 Å². The molecule has 1 atom stereocenters. The monoisotopic (exact) mass is 330 g/mol. The number of hydrogen-bond donors (Lipinski definition) is 1.